The van der Waals surface area contributed by atoms with Crippen LogP contribution in [-0.4, -0.2) is 12.4 Å². The van der Waals surface area contributed by atoms with Crippen molar-refractivity contribution < 1.29 is 0 Å². The van der Waals surface area contributed by atoms with Gasteiger partial charge in [-0.25, -0.2) is 0 Å². The van der Waals surface area contributed by atoms with Crippen LogP contribution in [0.15, 0.2) is 93.9 Å². The molecule has 0 saturated carbocycles. The number of hydrogen-bond acceptors (Lipinski definition) is 2. The fraction of sp³-hybridized carbons (Fsp3) is 0.250. The van der Waals surface area contributed by atoms with Gasteiger partial charge in [0.05, 0.1) is 11.4 Å². The quantitative estimate of drug-likeness (QED) is 0.513. The molecule has 2 nitrogen and oxygen atoms in total. The first kappa shape index (κ1) is 18.1. The Labute approximate surface area is 156 Å². The number of hydrogen-bond donors (Lipinski definition) is 0. The Morgan fingerprint density at radius 3 is 1.92 bits per heavy atom. The van der Waals surface area contributed by atoms with E-state index < -0.39 is 0 Å². The van der Waals surface area contributed by atoms with Gasteiger partial charge in [-0.3, -0.25) is 9.98 Å². The molecule has 26 heavy (non-hydrogen) atoms. The van der Waals surface area contributed by atoms with Crippen LogP contribution in [0.25, 0.3) is 0 Å². The zero-order valence-corrected chi connectivity index (χ0v) is 15.6. The first-order valence-electron chi connectivity index (χ1n) is 9.17. The first-order valence-corrected chi connectivity index (χ1v) is 9.17. The summed E-state index contributed by atoms with van der Waals surface area (Å²) in [5, 5.41) is 0. The molecule has 0 aliphatic heterocycles. The average Bonchev–Trinajstić information content (AvgIpc) is 2.62. The normalized spacial score (nSPS) is 16.7. The number of nitrogens with zero attached hydrogens (tertiary/aromatic N) is 2. The van der Waals surface area contributed by atoms with E-state index in [0.29, 0.717) is 0 Å². The fourth-order valence-electron chi connectivity index (χ4n) is 3.29. The third-order valence-electron chi connectivity index (χ3n) is 4.32. The maximum atomic E-state index is 4.56. The number of para-hydroxylation sites is 2. The maximum absolute atomic E-state index is 4.56. The Morgan fingerprint density at radius 1 is 0.808 bits per heavy atom. The summed E-state index contributed by atoms with van der Waals surface area (Å²) in [6.45, 7) is 4.59. The van der Waals surface area contributed by atoms with E-state index >= 15 is 0 Å². The molecule has 0 unspecified atom stereocenters. The van der Waals surface area contributed by atoms with Gasteiger partial charge in [-0.15, -0.1) is 0 Å². The Bertz CT molecular complexity index is 825. The second-order valence-electron chi connectivity index (χ2n) is 7.39. The molecule has 0 saturated heterocycles. The first-order chi connectivity index (χ1) is 12.6. The third-order valence-corrected chi connectivity index (χ3v) is 4.32. The Kier molecular flexibility index (Phi) is 5.96. The minimum absolute atomic E-state index is 0.181. The lowest BCUT2D eigenvalue weighted by molar-refractivity contribution is 0.463. The lowest BCUT2D eigenvalue weighted by atomic mass is 9.78. The smallest absolute Gasteiger partial charge is 0.0625 e. The van der Waals surface area contributed by atoms with Crippen molar-refractivity contribution in [3.05, 3.63) is 84.0 Å². The predicted molar refractivity (Wildman–Crippen MR) is 113 cm³/mol. The monoisotopic (exact) mass is 342 g/mol. The Hall–Kier alpha value is -2.74. The molecule has 1 aliphatic carbocycles. The summed E-state index contributed by atoms with van der Waals surface area (Å²) in [4.78, 5) is 9.12. The summed E-state index contributed by atoms with van der Waals surface area (Å²) >= 11 is 0. The Balaban J connectivity index is 1.64. The summed E-state index contributed by atoms with van der Waals surface area (Å²) in [6, 6.07) is 20.2. The van der Waals surface area contributed by atoms with Gasteiger partial charge in [0.25, 0.3) is 0 Å². The SMILES string of the molecule is CC1(C)C=C(CC=Nc2ccccc2)C=C(CC=Nc2ccccc2)C1. The van der Waals surface area contributed by atoms with Crippen molar-refractivity contribution in [2.75, 3.05) is 0 Å². The van der Waals surface area contributed by atoms with Gasteiger partial charge in [0.15, 0.2) is 0 Å². The van der Waals surface area contributed by atoms with Gasteiger partial charge >= 0.3 is 0 Å². The Morgan fingerprint density at radius 2 is 1.35 bits per heavy atom. The van der Waals surface area contributed by atoms with Crippen molar-refractivity contribution in [1.82, 2.24) is 0 Å². The van der Waals surface area contributed by atoms with Gasteiger partial charge in [-0.1, -0.05) is 68.0 Å². The van der Waals surface area contributed by atoms with Crippen LogP contribution in [0.1, 0.15) is 33.1 Å². The zero-order valence-electron chi connectivity index (χ0n) is 15.6. The van der Waals surface area contributed by atoms with E-state index in [9.17, 15) is 0 Å². The van der Waals surface area contributed by atoms with Crippen LogP contribution in [0.3, 0.4) is 0 Å². The number of allylic oxidation sites excluding steroid dienone is 4. The largest absolute Gasteiger partial charge is 0.261 e. The molecule has 1 aliphatic rings. The third kappa shape index (κ3) is 5.66. The molecule has 0 spiro atoms. The number of aliphatic imine (C=N–C) groups is 2. The molecule has 0 bridgehead atoms. The standard InChI is InChI=1S/C24H26N2/c1-24(2)18-20(13-15-25-22-9-5-3-6-10-22)17-21(19-24)14-16-26-23-11-7-4-8-12-23/h3-12,15-18H,13-14,19H2,1-2H3. The van der Waals surface area contributed by atoms with E-state index in [2.05, 4.69) is 36.0 Å². The predicted octanol–water partition coefficient (Wildman–Crippen LogP) is 6.85. The minimum Gasteiger partial charge on any atom is -0.261 e. The van der Waals surface area contributed by atoms with Gasteiger partial charge < -0.3 is 0 Å². The van der Waals surface area contributed by atoms with E-state index in [4.69, 9.17) is 0 Å². The highest BCUT2D eigenvalue weighted by Gasteiger charge is 2.21. The summed E-state index contributed by atoms with van der Waals surface area (Å²) < 4.78 is 0. The van der Waals surface area contributed by atoms with Crippen molar-refractivity contribution in [1.29, 1.82) is 0 Å². The summed E-state index contributed by atoms with van der Waals surface area (Å²) in [7, 11) is 0. The molecular formula is C24H26N2. The van der Waals surface area contributed by atoms with Crippen LogP contribution in [-0.2, 0) is 0 Å². The minimum atomic E-state index is 0.181. The molecule has 0 aromatic heterocycles. The molecule has 2 aromatic rings. The van der Waals surface area contributed by atoms with E-state index in [0.717, 1.165) is 30.6 Å². The second kappa shape index (κ2) is 8.57. The van der Waals surface area contributed by atoms with Crippen LogP contribution < -0.4 is 0 Å². The molecule has 2 aromatic carbocycles. The van der Waals surface area contributed by atoms with Gasteiger partial charge in [-0.05, 0) is 41.7 Å². The molecule has 3 rings (SSSR count). The molecule has 0 atom stereocenters. The highest BCUT2D eigenvalue weighted by molar-refractivity contribution is 5.69. The molecular weight excluding hydrogens is 316 g/mol. The lowest BCUT2D eigenvalue weighted by Gasteiger charge is -2.27. The van der Waals surface area contributed by atoms with Crippen LogP contribution >= 0.6 is 0 Å². The van der Waals surface area contributed by atoms with Crippen LogP contribution in [0.5, 0.6) is 0 Å². The molecule has 0 heterocycles. The van der Waals surface area contributed by atoms with E-state index in [1.807, 2.05) is 73.1 Å². The molecule has 2 heteroatoms. The molecule has 0 N–H and O–H groups in total. The van der Waals surface area contributed by atoms with Gasteiger partial charge in [0.2, 0.25) is 0 Å². The highest BCUT2D eigenvalue weighted by atomic mass is 14.7. The summed E-state index contributed by atoms with van der Waals surface area (Å²) in [6.07, 6.45) is 11.6. The second-order valence-corrected chi connectivity index (χ2v) is 7.39. The summed E-state index contributed by atoms with van der Waals surface area (Å²) in [5.74, 6) is 0. The zero-order chi connectivity index (χ0) is 18.2. The van der Waals surface area contributed by atoms with Gasteiger partial charge in [0.1, 0.15) is 0 Å². The van der Waals surface area contributed by atoms with E-state index in [-0.39, 0.29) is 5.41 Å². The molecule has 132 valence electrons. The van der Waals surface area contributed by atoms with Crippen molar-refractivity contribution in [3.63, 3.8) is 0 Å². The van der Waals surface area contributed by atoms with Crippen LogP contribution in [0, 0.1) is 5.41 Å². The van der Waals surface area contributed by atoms with E-state index in [1.165, 1.54) is 11.1 Å². The highest BCUT2D eigenvalue weighted by Crippen LogP contribution is 2.35. The van der Waals surface area contributed by atoms with Crippen molar-refractivity contribution in [2.24, 2.45) is 15.4 Å². The molecule has 0 amide bonds. The van der Waals surface area contributed by atoms with Crippen LogP contribution in [0.4, 0.5) is 11.4 Å². The number of rotatable bonds is 6. The van der Waals surface area contributed by atoms with Crippen molar-refractivity contribution in [3.8, 4) is 0 Å². The van der Waals surface area contributed by atoms with Crippen LogP contribution in [0.2, 0.25) is 0 Å². The summed E-state index contributed by atoms with van der Waals surface area (Å²) in [5.41, 5.74) is 4.96. The number of benzene rings is 2. The fourth-order valence-corrected chi connectivity index (χ4v) is 3.29. The lowest BCUT2D eigenvalue weighted by Crippen LogP contribution is -2.14. The maximum Gasteiger partial charge on any atom is 0.0625 e. The molecule has 0 radical (unpaired) electrons. The van der Waals surface area contributed by atoms with Crippen molar-refractivity contribution in [2.45, 2.75) is 33.1 Å². The van der Waals surface area contributed by atoms with Gasteiger partial charge in [0, 0.05) is 25.3 Å². The molecule has 0 fully saturated rings. The van der Waals surface area contributed by atoms with Gasteiger partial charge in [-0.2, -0.15) is 0 Å². The van der Waals surface area contributed by atoms with Crippen molar-refractivity contribution >= 4 is 23.8 Å². The average molecular weight is 342 g/mol. The topological polar surface area (TPSA) is 24.7 Å². The van der Waals surface area contributed by atoms with E-state index in [1.54, 1.807) is 0 Å².